The summed E-state index contributed by atoms with van der Waals surface area (Å²) in [5, 5.41) is 23.3. The second kappa shape index (κ2) is 7.59. The van der Waals surface area contributed by atoms with E-state index in [0.717, 1.165) is 54.3 Å². The zero-order valence-corrected chi connectivity index (χ0v) is 21.6. The Morgan fingerprint density at radius 3 is 1.38 bits per heavy atom. The molecule has 0 N–H and O–H groups in total. The first-order chi connectivity index (χ1) is 19.0. The third kappa shape index (κ3) is 2.86. The van der Waals surface area contributed by atoms with Crippen LogP contribution in [0, 0.1) is 25.6 Å². The minimum Gasteiger partial charge on any atom is -0.273 e. The molecule has 2 spiro atoms. The number of nitro groups is 2. The van der Waals surface area contributed by atoms with E-state index in [1.807, 2.05) is 12.1 Å². The molecule has 0 radical (unpaired) electrons. The SMILES string of the molecule is CN1C(=O)N(C)C(=O)C2(Cc3cc4c(cc3C2)CC2(C4)c3cc([N+](=O)[O-])ccc3-c3ccc([N+](=O)[O-])cc32)C1=O. The van der Waals surface area contributed by atoms with Gasteiger partial charge in [0.15, 0.2) is 0 Å². The van der Waals surface area contributed by atoms with Crippen molar-refractivity contribution < 1.29 is 24.2 Å². The summed E-state index contributed by atoms with van der Waals surface area (Å²) in [6.45, 7) is 0. The number of benzene rings is 3. The number of carbonyl (C=O) groups excluding carboxylic acids is 3. The zero-order valence-electron chi connectivity index (χ0n) is 21.6. The fraction of sp³-hybridized carbons (Fsp3) is 0.276. The smallest absolute Gasteiger partial charge is 0.273 e. The number of hydrogen-bond donors (Lipinski definition) is 0. The second-order valence-corrected chi connectivity index (χ2v) is 11.2. The Kier molecular flexibility index (Phi) is 4.58. The molecule has 0 saturated carbocycles. The average Bonchev–Trinajstić information content (AvgIpc) is 3.58. The summed E-state index contributed by atoms with van der Waals surface area (Å²) in [5.41, 5.74) is 4.66. The van der Waals surface area contributed by atoms with Crippen LogP contribution in [0.25, 0.3) is 11.1 Å². The molecule has 1 saturated heterocycles. The van der Waals surface area contributed by atoms with Gasteiger partial charge in [-0.25, -0.2) is 4.79 Å². The maximum atomic E-state index is 13.2. The van der Waals surface area contributed by atoms with Crippen molar-refractivity contribution in [2.24, 2.45) is 5.41 Å². The van der Waals surface area contributed by atoms with E-state index in [-0.39, 0.29) is 24.2 Å². The number of fused-ring (bicyclic) bond motifs is 7. The Balaban J connectivity index is 1.34. The third-order valence-corrected chi connectivity index (χ3v) is 9.24. The molecular weight excluding hydrogens is 516 g/mol. The van der Waals surface area contributed by atoms with E-state index in [1.165, 1.54) is 26.2 Å². The molecule has 11 heteroatoms. The van der Waals surface area contributed by atoms with Gasteiger partial charge in [0, 0.05) is 43.8 Å². The Morgan fingerprint density at radius 1 is 0.625 bits per heavy atom. The van der Waals surface area contributed by atoms with Crippen LogP contribution in [0.5, 0.6) is 0 Å². The quantitative estimate of drug-likeness (QED) is 0.275. The van der Waals surface area contributed by atoms with Crippen molar-refractivity contribution in [3.63, 3.8) is 0 Å². The van der Waals surface area contributed by atoms with Gasteiger partial charge in [0.1, 0.15) is 5.41 Å². The molecule has 3 aromatic carbocycles. The highest BCUT2D eigenvalue weighted by Crippen LogP contribution is 2.57. The summed E-state index contributed by atoms with van der Waals surface area (Å²) < 4.78 is 0. The van der Waals surface area contributed by atoms with E-state index in [9.17, 15) is 34.6 Å². The van der Waals surface area contributed by atoms with Crippen LogP contribution in [0.4, 0.5) is 16.2 Å². The van der Waals surface area contributed by atoms with Crippen LogP contribution in [0.3, 0.4) is 0 Å². The number of nitrogens with zero attached hydrogens (tertiary/aromatic N) is 4. The molecule has 0 unspecified atom stereocenters. The largest absolute Gasteiger partial charge is 0.332 e. The van der Waals surface area contributed by atoms with Gasteiger partial charge < -0.3 is 0 Å². The van der Waals surface area contributed by atoms with Gasteiger partial charge in [-0.05, 0) is 82.3 Å². The van der Waals surface area contributed by atoms with Crippen molar-refractivity contribution in [1.82, 2.24) is 9.80 Å². The summed E-state index contributed by atoms with van der Waals surface area (Å²) in [4.78, 5) is 63.3. The summed E-state index contributed by atoms with van der Waals surface area (Å²) in [6, 6.07) is 12.8. The number of carbonyl (C=O) groups is 3. The second-order valence-electron chi connectivity index (χ2n) is 11.2. The van der Waals surface area contributed by atoms with Crippen molar-refractivity contribution in [2.45, 2.75) is 31.1 Å². The van der Waals surface area contributed by atoms with Crippen LogP contribution in [-0.4, -0.2) is 51.6 Å². The lowest BCUT2D eigenvalue weighted by molar-refractivity contribution is -0.385. The molecule has 4 aliphatic rings. The minimum atomic E-state index is -1.36. The van der Waals surface area contributed by atoms with Crippen LogP contribution >= 0.6 is 0 Å². The maximum Gasteiger partial charge on any atom is 0.332 e. The van der Waals surface area contributed by atoms with E-state index in [0.29, 0.717) is 12.8 Å². The fourth-order valence-electron chi connectivity index (χ4n) is 7.39. The first-order valence-corrected chi connectivity index (χ1v) is 12.8. The molecule has 0 atom stereocenters. The van der Waals surface area contributed by atoms with Gasteiger partial charge >= 0.3 is 6.03 Å². The predicted molar refractivity (Wildman–Crippen MR) is 141 cm³/mol. The van der Waals surface area contributed by atoms with Crippen molar-refractivity contribution in [1.29, 1.82) is 0 Å². The molecule has 11 nitrogen and oxygen atoms in total. The molecule has 200 valence electrons. The lowest BCUT2D eigenvalue weighted by Crippen LogP contribution is -2.63. The predicted octanol–water partition coefficient (Wildman–Crippen LogP) is 3.70. The van der Waals surface area contributed by atoms with Crippen molar-refractivity contribution in [3.05, 3.63) is 102 Å². The topological polar surface area (TPSA) is 144 Å². The molecule has 40 heavy (non-hydrogen) atoms. The van der Waals surface area contributed by atoms with Gasteiger partial charge in [-0.1, -0.05) is 12.1 Å². The normalized spacial score (nSPS) is 19.2. The number of rotatable bonds is 2. The van der Waals surface area contributed by atoms with Crippen molar-refractivity contribution in [3.8, 4) is 11.1 Å². The highest BCUT2D eigenvalue weighted by molar-refractivity contribution is 6.19. The molecule has 4 amide bonds. The van der Waals surface area contributed by atoms with E-state index in [1.54, 1.807) is 24.3 Å². The third-order valence-electron chi connectivity index (χ3n) is 9.24. The highest BCUT2D eigenvalue weighted by Gasteiger charge is 2.58. The molecule has 0 aromatic heterocycles. The summed E-state index contributed by atoms with van der Waals surface area (Å²) in [5.74, 6) is -1.02. The molecule has 0 bridgehead atoms. The van der Waals surface area contributed by atoms with E-state index >= 15 is 0 Å². The van der Waals surface area contributed by atoms with Crippen molar-refractivity contribution in [2.75, 3.05) is 14.1 Å². The molecule has 1 heterocycles. The fourth-order valence-corrected chi connectivity index (χ4v) is 7.39. The van der Waals surface area contributed by atoms with E-state index in [4.69, 9.17) is 0 Å². The monoisotopic (exact) mass is 538 g/mol. The van der Waals surface area contributed by atoms with Crippen LogP contribution in [0.1, 0.15) is 33.4 Å². The number of hydrogen-bond acceptors (Lipinski definition) is 7. The Hall–Kier alpha value is -4.93. The van der Waals surface area contributed by atoms with Gasteiger partial charge in [-0.2, -0.15) is 0 Å². The van der Waals surface area contributed by atoms with Crippen LogP contribution < -0.4 is 0 Å². The Morgan fingerprint density at radius 2 is 1.00 bits per heavy atom. The Bertz CT molecular complexity index is 1650. The summed E-state index contributed by atoms with van der Waals surface area (Å²) in [6.07, 6.45) is 1.27. The van der Waals surface area contributed by atoms with Crippen LogP contribution in [0.2, 0.25) is 0 Å². The molecule has 7 rings (SSSR count). The van der Waals surface area contributed by atoms with E-state index < -0.39 is 38.5 Å². The first-order valence-electron chi connectivity index (χ1n) is 12.8. The standard InChI is InChI=1S/C29H22N4O7/c1-30-25(34)29(26(35)31(2)27(30)36)13-17-7-15-11-28(12-16(15)8-18(17)14-29)23-9-19(32(37)38)3-5-21(23)22-6-4-20(33(39)40)10-24(22)28/h3-10H,11-14H2,1-2H3. The van der Waals surface area contributed by atoms with Gasteiger partial charge in [0.2, 0.25) is 11.8 Å². The van der Waals surface area contributed by atoms with Gasteiger partial charge in [0.05, 0.1) is 9.85 Å². The number of imide groups is 2. The lowest BCUT2D eigenvalue weighted by atomic mass is 9.75. The Labute approximate surface area is 227 Å². The van der Waals surface area contributed by atoms with Crippen LogP contribution in [-0.2, 0) is 40.7 Å². The van der Waals surface area contributed by atoms with Gasteiger partial charge in [0.25, 0.3) is 11.4 Å². The number of nitro benzene ring substituents is 2. The number of barbiturate groups is 1. The molecule has 3 aromatic rings. The molecule has 1 aliphatic heterocycles. The average molecular weight is 539 g/mol. The highest BCUT2D eigenvalue weighted by atomic mass is 16.6. The van der Waals surface area contributed by atoms with Gasteiger partial charge in [-0.3, -0.25) is 39.6 Å². The number of non-ortho nitro benzene ring substituents is 2. The minimum absolute atomic E-state index is 0.0436. The summed E-state index contributed by atoms with van der Waals surface area (Å²) >= 11 is 0. The van der Waals surface area contributed by atoms with Crippen LogP contribution in [0.15, 0.2) is 48.5 Å². The van der Waals surface area contributed by atoms with E-state index in [2.05, 4.69) is 0 Å². The summed E-state index contributed by atoms with van der Waals surface area (Å²) in [7, 11) is 2.77. The zero-order chi connectivity index (χ0) is 28.3. The molecule has 1 fully saturated rings. The maximum absolute atomic E-state index is 13.2. The molecular formula is C29H22N4O7. The number of urea groups is 1. The first kappa shape index (κ1) is 24.1. The lowest BCUT2D eigenvalue weighted by Gasteiger charge is -2.39. The van der Waals surface area contributed by atoms with Crippen molar-refractivity contribution >= 4 is 29.2 Å². The molecule has 3 aliphatic carbocycles. The van der Waals surface area contributed by atoms with Gasteiger partial charge in [-0.15, -0.1) is 0 Å². The number of amides is 4.